The molecule has 2 heteroatoms. The van der Waals surface area contributed by atoms with Gasteiger partial charge in [-0.3, -0.25) is 0 Å². The van der Waals surface area contributed by atoms with Gasteiger partial charge in [0.15, 0.2) is 0 Å². The largest absolute Gasteiger partial charge is 0.0715 e. The molecule has 0 nitrogen and oxygen atoms in total. The molecule has 0 bridgehead atoms. The summed E-state index contributed by atoms with van der Waals surface area (Å²) >= 11 is 0. The zero-order chi connectivity index (χ0) is 10.8. The minimum Gasteiger partial charge on any atom is -0.0715 e. The third-order valence-corrected chi connectivity index (χ3v) is 21.6. The third kappa shape index (κ3) is 2.82. The fraction of sp³-hybridized carbons (Fsp3) is 0.500. The fourth-order valence-electron chi connectivity index (χ4n) is 1.37. The first-order valence-corrected chi connectivity index (χ1v) is 13.1. The van der Waals surface area contributed by atoms with E-state index < -0.39 is 15.2 Å². The SMILES string of the molecule is C[Si](C)(C)[Si](C)(C)Cc1ccccc1. The topological polar surface area (TPSA) is 0 Å². The summed E-state index contributed by atoms with van der Waals surface area (Å²) in [5.41, 5.74) is 1.53. The van der Waals surface area contributed by atoms with Crippen LogP contribution in [0.5, 0.6) is 0 Å². The third-order valence-electron chi connectivity index (χ3n) is 3.52. The van der Waals surface area contributed by atoms with Crippen molar-refractivity contribution in [3.8, 4) is 0 Å². The summed E-state index contributed by atoms with van der Waals surface area (Å²) in [5.74, 6) is 0. The average molecular weight is 222 g/mol. The molecular weight excluding hydrogens is 200 g/mol. The second kappa shape index (κ2) is 4.03. The van der Waals surface area contributed by atoms with Crippen LogP contribution in [0.1, 0.15) is 5.56 Å². The summed E-state index contributed by atoms with van der Waals surface area (Å²) in [4.78, 5) is 0. The van der Waals surface area contributed by atoms with Gasteiger partial charge in [0.1, 0.15) is 0 Å². The predicted molar refractivity (Wildman–Crippen MR) is 71.0 cm³/mol. The standard InChI is InChI=1S/C12H22Si2/c1-13(2,3)14(4,5)11-12-9-7-6-8-10-12/h6-10H,11H2,1-5H3. The highest BCUT2D eigenvalue weighted by atomic mass is 29.3. The van der Waals surface area contributed by atoms with Gasteiger partial charge in [0.2, 0.25) is 0 Å². The quantitative estimate of drug-likeness (QED) is 0.681. The molecule has 0 radical (unpaired) electrons. The summed E-state index contributed by atoms with van der Waals surface area (Å²) in [6.45, 7) is 12.6. The van der Waals surface area contributed by atoms with Crippen LogP contribution in [0.3, 0.4) is 0 Å². The Morgan fingerprint density at radius 1 is 0.857 bits per heavy atom. The van der Waals surface area contributed by atoms with Gasteiger partial charge in [-0.2, -0.15) is 0 Å². The van der Waals surface area contributed by atoms with Crippen LogP contribution < -0.4 is 0 Å². The maximum Gasteiger partial charge on any atom is 0.0454 e. The molecule has 78 valence electrons. The van der Waals surface area contributed by atoms with Crippen molar-refractivity contribution < 1.29 is 0 Å². The molecule has 0 aromatic heterocycles. The lowest BCUT2D eigenvalue weighted by Crippen LogP contribution is -2.54. The normalized spacial score (nSPS) is 12.9. The van der Waals surface area contributed by atoms with Crippen molar-refractivity contribution >= 4 is 15.2 Å². The molecule has 0 spiro atoms. The molecule has 0 saturated carbocycles. The summed E-state index contributed by atoms with van der Waals surface area (Å²) in [6, 6.07) is 12.3. The first kappa shape index (κ1) is 11.7. The summed E-state index contributed by atoms with van der Waals surface area (Å²) in [5, 5.41) is 0. The summed E-state index contributed by atoms with van der Waals surface area (Å²) in [6.07, 6.45) is 0. The minimum absolute atomic E-state index is 0.929. The van der Waals surface area contributed by atoms with E-state index in [0.29, 0.717) is 0 Å². The maximum atomic E-state index is 2.55. The molecule has 0 saturated heterocycles. The van der Waals surface area contributed by atoms with E-state index in [9.17, 15) is 0 Å². The lowest BCUT2D eigenvalue weighted by Gasteiger charge is -2.35. The molecule has 1 aromatic rings. The van der Waals surface area contributed by atoms with Gasteiger partial charge in [0, 0.05) is 15.2 Å². The van der Waals surface area contributed by atoms with Gasteiger partial charge < -0.3 is 0 Å². The van der Waals surface area contributed by atoms with Crippen LogP contribution in [0.25, 0.3) is 0 Å². The van der Waals surface area contributed by atoms with Gasteiger partial charge >= 0.3 is 0 Å². The van der Waals surface area contributed by atoms with Crippen LogP contribution >= 0.6 is 0 Å². The van der Waals surface area contributed by atoms with Crippen molar-refractivity contribution in [1.29, 1.82) is 0 Å². The van der Waals surface area contributed by atoms with Crippen molar-refractivity contribution in [2.24, 2.45) is 0 Å². The van der Waals surface area contributed by atoms with E-state index in [-0.39, 0.29) is 0 Å². The Hall–Kier alpha value is -0.346. The van der Waals surface area contributed by atoms with E-state index in [1.165, 1.54) is 11.6 Å². The van der Waals surface area contributed by atoms with Crippen molar-refractivity contribution in [2.75, 3.05) is 0 Å². The molecule has 0 aliphatic rings. The number of hydrogen-bond donors (Lipinski definition) is 0. The van der Waals surface area contributed by atoms with Crippen LogP contribution in [0.15, 0.2) is 30.3 Å². The van der Waals surface area contributed by atoms with E-state index in [2.05, 4.69) is 63.1 Å². The molecule has 0 atom stereocenters. The minimum atomic E-state index is -1.01. The Morgan fingerprint density at radius 3 is 1.79 bits per heavy atom. The zero-order valence-corrected chi connectivity index (χ0v) is 12.1. The van der Waals surface area contributed by atoms with Crippen LogP contribution in [-0.4, -0.2) is 15.2 Å². The number of rotatable bonds is 3. The monoisotopic (exact) mass is 222 g/mol. The van der Waals surface area contributed by atoms with Crippen molar-refractivity contribution in [1.82, 2.24) is 0 Å². The van der Waals surface area contributed by atoms with E-state index >= 15 is 0 Å². The molecule has 14 heavy (non-hydrogen) atoms. The van der Waals surface area contributed by atoms with Crippen molar-refractivity contribution in [3.63, 3.8) is 0 Å². The fourth-order valence-corrected chi connectivity index (χ4v) is 5.36. The van der Waals surface area contributed by atoms with Gasteiger partial charge in [0.05, 0.1) is 0 Å². The molecule has 0 heterocycles. The Bertz CT molecular complexity index is 283. The number of benzene rings is 1. The molecule has 1 aromatic carbocycles. The van der Waals surface area contributed by atoms with E-state index in [0.717, 1.165) is 0 Å². The Morgan fingerprint density at radius 2 is 1.36 bits per heavy atom. The Kier molecular flexibility index (Phi) is 3.37. The van der Waals surface area contributed by atoms with Crippen molar-refractivity contribution in [3.05, 3.63) is 35.9 Å². The lowest BCUT2D eigenvalue weighted by molar-refractivity contribution is 1.33. The average Bonchev–Trinajstić information content (AvgIpc) is 2.03. The lowest BCUT2D eigenvalue weighted by atomic mass is 10.2. The van der Waals surface area contributed by atoms with Crippen molar-refractivity contribution in [2.45, 2.75) is 38.8 Å². The molecule has 0 fully saturated rings. The predicted octanol–water partition coefficient (Wildman–Crippen LogP) is 3.89. The first-order chi connectivity index (χ1) is 6.33. The molecule has 0 amide bonds. The molecule has 0 unspecified atom stereocenters. The molecule has 0 aliphatic carbocycles. The van der Waals surface area contributed by atoms with E-state index in [1.54, 1.807) is 0 Å². The number of hydrogen-bond acceptors (Lipinski definition) is 0. The second-order valence-corrected chi connectivity index (χ2v) is 23.0. The van der Waals surface area contributed by atoms with Gasteiger partial charge in [-0.25, -0.2) is 0 Å². The molecule has 0 aliphatic heterocycles. The summed E-state index contributed by atoms with van der Waals surface area (Å²) < 4.78 is 0. The van der Waals surface area contributed by atoms with E-state index in [4.69, 9.17) is 0 Å². The Labute approximate surface area is 90.2 Å². The van der Waals surface area contributed by atoms with Gasteiger partial charge in [-0.05, 0) is 6.04 Å². The second-order valence-electron chi connectivity index (χ2n) is 5.80. The van der Waals surface area contributed by atoms with Crippen LogP contribution in [0.2, 0.25) is 32.7 Å². The van der Waals surface area contributed by atoms with Crippen LogP contribution in [0.4, 0.5) is 0 Å². The zero-order valence-electron chi connectivity index (χ0n) is 10.1. The van der Waals surface area contributed by atoms with Gasteiger partial charge in [-0.15, -0.1) is 0 Å². The highest BCUT2D eigenvalue weighted by Crippen LogP contribution is 2.22. The van der Waals surface area contributed by atoms with Gasteiger partial charge in [0.25, 0.3) is 0 Å². The molecule has 0 N–H and O–H groups in total. The Balaban J connectivity index is 2.79. The smallest absolute Gasteiger partial charge is 0.0454 e. The highest BCUT2D eigenvalue weighted by Gasteiger charge is 2.36. The van der Waals surface area contributed by atoms with Crippen LogP contribution in [-0.2, 0) is 6.04 Å². The van der Waals surface area contributed by atoms with Gasteiger partial charge in [-0.1, -0.05) is 68.6 Å². The maximum absolute atomic E-state index is 2.55. The van der Waals surface area contributed by atoms with E-state index in [1.807, 2.05) is 0 Å². The highest BCUT2D eigenvalue weighted by molar-refractivity contribution is 7.40. The molecule has 1 rings (SSSR count). The van der Waals surface area contributed by atoms with Crippen LogP contribution in [0, 0.1) is 0 Å². The summed E-state index contributed by atoms with van der Waals surface area (Å²) in [7, 11) is -1.94. The molecular formula is C12H22Si2. The first-order valence-electron chi connectivity index (χ1n) is 5.37.